The molecule has 3 aromatic rings. The average Bonchev–Trinajstić information content (AvgIpc) is 3.33. The molecule has 1 aliphatic carbocycles. The minimum atomic E-state index is -5.11. The van der Waals surface area contributed by atoms with Crippen molar-refractivity contribution in [3.05, 3.63) is 86.4 Å². The molecule has 0 aliphatic heterocycles. The van der Waals surface area contributed by atoms with E-state index in [9.17, 15) is 45.8 Å². The van der Waals surface area contributed by atoms with Crippen molar-refractivity contribution in [2.75, 3.05) is 6.54 Å². The molecular formula is C28H23Cl2F6N3O4. The maximum atomic E-state index is 14.4. The van der Waals surface area contributed by atoms with Crippen molar-refractivity contribution in [3.8, 4) is 0 Å². The van der Waals surface area contributed by atoms with Gasteiger partial charge in [0.05, 0.1) is 45.4 Å². The molecule has 1 N–H and O–H groups in total. The number of alkyl halides is 3. The van der Waals surface area contributed by atoms with Gasteiger partial charge in [-0.2, -0.15) is 18.3 Å². The van der Waals surface area contributed by atoms with E-state index in [1.807, 2.05) is 0 Å². The molecule has 7 nitrogen and oxygen atoms in total. The summed E-state index contributed by atoms with van der Waals surface area (Å²) in [4.78, 5) is 39.1. The van der Waals surface area contributed by atoms with Crippen molar-refractivity contribution < 1.29 is 45.8 Å². The molecule has 0 saturated heterocycles. The van der Waals surface area contributed by atoms with Crippen LogP contribution in [-0.4, -0.2) is 44.0 Å². The van der Waals surface area contributed by atoms with Gasteiger partial charge in [-0.3, -0.25) is 19.1 Å². The highest BCUT2D eigenvalue weighted by atomic mass is 35.5. The fraction of sp³-hybridized carbons (Fsp3) is 0.357. The Morgan fingerprint density at radius 1 is 1.00 bits per heavy atom. The predicted molar refractivity (Wildman–Crippen MR) is 142 cm³/mol. The number of ketones is 1. The highest BCUT2D eigenvalue weighted by Gasteiger charge is 2.45. The van der Waals surface area contributed by atoms with Crippen LogP contribution >= 0.6 is 23.2 Å². The lowest BCUT2D eigenvalue weighted by atomic mass is 9.74. The van der Waals surface area contributed by atoms with Gasteiger partial charge in [-0.15, -0.1) is 0 Å². The molecule has 15 heteroatoms. The molecule has 1 fully saturated rings. The molecule has 1 aromatic heterocycles. The van der Waals surface area contributed by atoms with Gasteiger partial charge in [-0.05, 0) is 62.4 Å². The van der Waals surface area contributed by atoms with Crippen molar-refractivity contribution in [2.45, 2.75) is 51.4 Å². The average molecular weight is 650 g/mol. The SMILES string of the molecule is C[C@]1(C(=O)O)CC[C@H](n2ncc(C(=O)N(CC(=O)c3c(Cl)cc(F)cc3Cl)Cc3cc(F)cc(F)c3)c2C(F)(F)F)CC1. The summed E-state index contributed by atoms with van der Waals surface area (Å²) in [7, 11) is 0. The zero-order chi connectivity index (χ0) is 31.9. The molecule has 0 radical (unpaired) electrons. The highest BCUT2D eigenvalue weighted by Crippen LogP contribution is 2.43. The highest BCUT2D eigenvalue weighted by molar-refractivity contribution is 6.40. The van der Waals surface area contributed by atoms with Crippen LogP contribution in [0.25, 0.3) is 0 Å². The van der Waals surface area contributed by atoms with Crippen LogP contribution in [0.1, 0.15) is 70.6 Å². The summed E-state index contributed by atoms with van der Waals surface area (Å²) in [5, 5.41) is 12.5. The van der Waals surface area contributed by atoms with E-state index in [2.05, 4.69) is 5.10 Å². The van der Waals surface area contributed by atoms with Gasteiger partial charge in [0.2, 0.25) is 0 Å². The van der Waals surface area contributed by atoms with Crippen molar-refractivity contribution in [1.82, 2.24) is 14.7 Å². The van der Waals surface area contributed by atoms with Gasteiger partial charge in [0.1, 0.15) is 17.5 Å². The van der Waals surface area contributed by atoms with Gasteiger partial charge in [-0.25, -0.2) is 13.2 Å². The molecule has 1 amide bonds. The number of aromatic nitrogens is 2. The fourth-order valence-electron chi connectivity index (χ4n) is 5.13. The zero-order valence-corrected chi connectivity index (χ0v) is 23.8. The van der Waals surface area contributed by atoms with Crippen LogP contribution in [0, 0.1) is 22.9 Å². The summed E-state index contributed by atoms with van der Waals surface area (Å²) in [6.45, 7) is -0.165. The van der Waals surface area contributed by atoms with Crippen LogP contribution in [-0.2, 0) is 17.5 Å². The Morgan fingerprint density at radius 3 is 2.05 bits per heavy atom. The molecule has 1 aliphatic rings. The minimum Gasteiger partial charge on any atom is -0.481 e. The summed E-state index contributed by atoms with van der Waals surface area (Å²) >= 11 is 12.0. The standard InChI is InChI=1S/C28H23Cl2F6N3O4/c1-27(26(42)43)4-2-18(3-5-27)39-24(28(34,35)36)19(11-37-39)25(41)38(12-14-6-15(31)8-16(32)7-14)13-22(40)23-20(29)9-17(33)10-21(23)30/h6-11,18H,2-5,12-13H2,1H3,(H,42,43)/t18-,27-. The minimum absolute atomic E-state index is 0.0352. The topological polar surface area (TPSA) is 92.5 Å². The monoisotopic (exact) mass is 649 g/mol. The van der Waals surface area contributed by atoms with Gasteiger partial charge in [0, 0.05) is 12.6 Å². The zero-order valence-electron chi connectivity index (χ0n) is 22.3. The van der Waals surface area contributed by atoms with Crippen LogP contribution in [0.5, 0.6) is 0 Å². The van der Waals surface area contributed by atoms with Gasteiger partial charge < -0.3 is 10.0 Å². The normalized spacial score (nSPS) is 18.9. The Balaban J connectivity index is 1.74. The van der Waals surface area contributed by atoms with E-state index < -0.39 is 92.7 Å². The molecule has 2 aromatic carbocycles. The largest absolute Gasteiger partial charge is 0.481 e. The molecule has 4 rings (SSSR count). The lowest BCUT2D eigenvalue weighted by Crippen LogP contribution is -2.37. The summed E-state index contributed by atoms with van der Waals surface area (Å²) in [6, 6.07) is 2.89. The predicted octanol–water partition coefficient (Wildman–Crippen LogP) is 7.36. The number of rotatable bonds is 8. The van der Waals surface area contributed by atoms with Crippen LogP contribution in [0.2, 0.25) is 10.0 Å². The van der Waals surface area contributed by atoms with Gasteiger partial charge in [0.15, 0.2) is 11.5 Å². The second-order valence-corrected chi connectivity index (χ2v) is 11.4. The smallest absolute Gasteiger partial charge is 0.433 e. The first-order chi connectivity index (χ1) is 20.0. The number of nitrogens with zero attached hydrogens (tertiary/aromatic N) is 3. The molecule has 0 atom stereocenters. The molecular weight excluding hydrogens is 627 g/mol. The number of hydrogen-bond donors (Lipinski definition) is 1. The van der Waals surface area contributed by atoms with Crippen molar-refractivity contribution in [3.63, 3.8) is 0 Å². The number of carbonyl (C=O) groups is 3. The van der Waals surface area contributed by atoms with E-state index >= 15 is 0 Å². The maximum Gasteiger partial charge on any atom is 0.433 e. The number of hydrogen-bond acceptors (Lipinski definition) is 4. The van der Waals surface area contributed by atoms with E-state index in [4.69, 9.17) is 23.2 Å². The van der Waals surface area contributed by atoms with Gasteiger partial charge in [0.25, 0.3) is 5.91 Å². The van der Waals surface area contributed by atoms with Crippen LogP contribution in [0.15, 0.2) is 36.5 Å². The molecule has 0 bridgehead atoms. The quantitative estimate of drug-likeness (QED) is 0.203. The summed E-state index contributed by atoms with van der Waals surface area (Å²) in [5.74, 6) is -6.35. The number of halogens is 8. The van der Waals surface area contributed by atoms with E-state index in [1.165, 1.54) is 6.92 Å². The number of carboxylic acids is 1. The van der Waals surface area contributed by atoms with Gasteiger partial charge in [-0.1, -0.05) is 23.2 Å². The van der Waals surface area contributed by atoms with Crippen molar-refractivity contribution in [2.24, 2.45) is 5.41 Å². The van der Waals surface area contributed by atoms with Crippen LogP contribution < -0.4 is 0 Å². The fourth-order valence-corrected chi connectivity index (χ4v) is 5.80. The first kappa shape index (κ1) is 32.3. The summed E-state index contributed by atoms with van der Waals surface area (Å²) < 4.78 is 85.5. The number of carboxylic acid groups (broad SMARTS) is 1. The molecule has 230 valence electrons. The number of carbonyl (C=O) groups excluding carboxylic acids is 2. The van der Waals surface area contributed by atoms with E-state index in [0.717, 1.165) is 24.3 Å². The third-order valence-corrected chi connectivity index (χ3v) is 8.01. The lowest BCUT2D eigenvalue weighted by Gasteiger charge is -2.34. The summed E-state index contributed by atoms with van der Waals surface area (Å²) in [5.41, 5.74) is -4.09. The first-order valence-corrected chi connectivity index (χ1v) is 13.6. The van der Waals surface area contributed by atoms with E-state index in [0.29, 0.717) is 21.8 Å². The van der Waals surface area contributed by atoms with E-state index in [1.54, 1.807) is 0 Å². The Hall–Kier alpha value is -3.58. The number of Topliss-reactive ketones (excluding diaryl/α,β-unsaturated/α-hetero) is 1. The number of amides is 1. The number of benzene rings is 2. The second-order valence-electron chi connectivity index (χ2n) is 10.6. The van der Waals surface area contributed by atoms with Crippen molar-refractivity contribution >= 4 is 40.9 Å². The Labute approximate surface area is 251 Å². The van der Waals surface area contributed by atoms with Crippen LogP contribution in [0.3, 0.4) is 0 Å². The molecule has 43 heavy (non-hydrogen) atoms. The molecule has 1 heterocycles. The molecule has 0 spiro atoms. The Kier molecular flexibility index (Phi) is 9.17. The third-order valence-electron chi connectivity index (χ3n) is 7.42. The third kappa shape index (κ3) is 6.98. The van der Waals surface area contributed by atoms with Crippen molar-refractivity contribution in [1.29, 1.82) is 0 Å². The van der Waals surface area contributed by atoms with Crippen LogP contribution in [0.4, 0.5) is 26.3 Å². The molecule has 1 saturated carbocycles. The van der Waals surface area contributed by atoms with Gasteiger partial charge >= 0.3 is 12.1 Å². The lowest BCUT2D eigenvalue weighted by molar-refractivity contribution is -0.152. The Morgan fingerprint density at radius 2 is 1.53 bits per heavy atom. The Bertz CT molecular complexity index is 1540. The maximum absolute atomic E-state index is 14.4. The summed E-state index contributed by atoms with van der Waals surface area (Å²) in [6.07, 6.45) is -4.23. The molecule has 0 unspecified atom stereocenters. The number of aliphatic carboxylic acids is 1. The first-order valence-electron chi connectivity index (χ1n) is 12.8. The second kappa shape index (κ2) is 12.2. The van der Waals surface area contributed by atoms with E-state index in [-0.39, 0.29) is 31.2 Å².